The van der Waals surface area contributed by atoms with Crippen molar-refractivity contribution in [3.63, 3.8) is 0 Å². The minimum atomic E-state index is -0.0399. The maximum Gasteiger partial charge on any atom is 0.317 e. The zero-order valence-electron chi connectivity index (χ0n) is 14.4. The average molecular weight is 376 g/mol. The molecular weight excluding hydrogens is 356 g/mol. The molecule has 2 heterocycles. The van der Waals surface area contributed by atoms with Gasteiger partial charge in [0.1, 0.15) is 0 Å². The molecule has 9 nitrogen and oxygen atoms in total. The summed E-state index contributed by atoms with van der Waals surface area (Å²) in [5.74, 6) is 2.21. The van der Waals surface area contributed by atoms with Gasteiger partial charge < -0.3 is 19.7 Å². The second kappa shape index (κ2) is 7.40. The van der Waals surface area contributed by atoms with E-state index in [4.69, 9.17) is 9.47 Å². The van der Waals surface area contributed by atoms with Crippen LogP contribution in [0.25, 0.3) is 0 Å². The van der Waals surface area contributed by atoms with Crippen molar-refractivity contribution in [2.45, 2.75) is 30.6 Å². The van der Waals surface area contributed by atoms with E-state index in [1.165, 1.54) is 11.8 Å². The lowest BCUT2D eigenvalue weighted by molar-refractivity contribution is 0.173. The van der Waals surface area contributed by atoms with Gasteiger partial charge in [-0.25, -0.2) is 9.48 Å². The first-order valence-corrected chi connectivity index (χ1v) is 9.47. The molecular formula is C16H20N6O3S. The van der Waals surface area contributed by atoms with Gasteiger partial charge in [0, 0.05) is 31.9 Å². The fourth-order valence-corrected chi connectivity index (χ4v) is 3.44. The van der Waals surface area contributed by atoms with Crippen LogP contribution in [0.15, 0.2) is 23.4 Å². The highest BCUT2D eigenvalue weighted by molar-refractivity contribution is 7.99. The van der Waals surface area contributed by atoms with Gasteiger partial charge in [-0.2, -0.15) is 0 Å². The van der Waals surface area contributed by atoms with Crippen LogP contribution in [0.1, 0.15) is 18.4 Å². The first-order valence-electron chi connectivity index (χ1n) is 8.49. The first-order chi connectivity index (χ1) is 12.7. The quantitative estimate of drug-likeness (QED) is 0.577. The number of aryl methyl sites for hydroxylation is 1. The van der Waals surface area contributed by atoms with Crippen molar-refractivity contribution in [1.82, 2.24) is 30.4 Å². The lowest BCUT2D eigenvalue weighted by Gasteiger charge is -2.23. The molecule has 2 aromatic rings. The number of hydrogen-bond donors (Lipinski definition) is 1. The molecule has 1 saturated carbocycles. The molecule has 1 fully saturated rings. The van der Waals surface area contributed by atoms with Gasteiger partial charge in [-0.1, -0.05) is 17.8 Å². The summed E-state index contributed by atoms with van der Waals surface area (Å²) >= 11 is 1.51. The summed E-state index contributed by atoms with van der Waals surface area (Å²) in [6, 6.07) is 6.10. The van der Waals surface area contributed by atoms with Crippen LogP contribution >= 0.6 is 11.8 Å². The minimum absolute atomic E-state index is 0.0399. The Morgan fingerprint density at radius 3 is 3.00 bits per heavy atom. The summed E-state index contributed by atoms with van der Waals surface area (Å²) in [7, 11) is 1.79. The molecule has 138 valence electrons. The average Bonchev–Trinajstić information content (AvgIpc) is 3.23. The summed E-state index contributed by atoms with van der Waals surface area (Å²) in [5.41, 5.74) is 1.04. The Kier molecular flexibility index (Phi) is 4.83. The molecule has 1 aromatic carbocycles. The lowest BCUT2D eigenvalue weighted by atomic mass is 10.2. The number of amides is 2. The standard InChI is InChI=1S/C16H20N6O3S/c1-21-16(18-19-20-21)26-7-6-17-15(23)22(12-3-4-12)9-11-2-5-13-14(8-11)25-10-24-13/h2,5,8,12H,3-4,6-7,9-10H2,1H3,(H,17,23). The Morgan fingerprint density at radius 2 is 2.23 bits per heavy atom. The van der Waals surface area contributed by atoms with E-state index in [0.29, 0.717) is 24.9 Å². The van der Waals surface area contributed by atoms with Gasteiger partial charge in [0.15, 0.2) is 11.5 Å². The fraction of sp³-hybridized carbons (Fsp3) is 0.500. The summed E-state index contributed by atoms with van der Waals surface area (Å²) in [6.07, 6.45) is 2.11. The number of hydrogen-bond acceptors (Lipinski definition) is 7. The number of urea groups is 1. The number of benzene rings is 1. The van der Waals surface area contributed by atoms with Crippen molar-refractivity contribution in [3.05, 3.63) is 23.8 Å². The van der Waals surface area contributed by atoms with Crippen LogP contribution in [0, 0.1) is 0 Å². The predicted molar refractivity (Wildman–Crippen MR) is 94.1 cm³/mol. The molecule has 0 bridgehead atoms. The number of aromatic nitrogens is 4. The molecule has 1 N–H and O–H groups in total. The van der Waals surface area contributed by atoms with E-state index in [0.717, 1.165) is 35.1 Å². The zero-order valence-corrected chi connectivity index (χ0v) is 15.2. The maximum atomic E-state index is 12.6. The molecule has 0 spiro atoms. The Bertz CT molecular complexity index is 794. The summed E-state index contributed by atoms with van der Waals surface area (Å²) in [6.45, 7) is 1.37. The van der Waals surface area contributed by atoms with Crippen molar-refractivity contribution in [2.75, 3.05) is 19.1 Å². The van der Waals surface area contributed by atoms with E-state index < -0.39 is 0 Å². The predicted octanol–water partition coefficient (Wildman–Crippen LogP) is 1.41. The van der Waals surface area contributed by atoms with Crippen LogP contribution < -0.4 is 14.8 Å². The SMILES string of the molecule is Cn1nnnc1SCCNC(=O)N(Cc1ccc2c(c1)OCO2)C1CC1. The lowest BCUT2D eigenvalue weighted by Crippen LogP contribution is -2.41. The Morgan fingerprint density at radius 1 is 1.38 bits per heavy atom. The molecule has 2 aliphatic rings. The molecule has 1 aliphatic heterocycles. The highest BCUT2D eigenvalue weighted by atomic mass is 32.2. The van der Waals surface area contributed by atoms with Crippen LogP contribution in [-0.2, 0) is 13.6 Å². The highest BCUT2D eigenvalue weighted by Gasteiger charge is 2.32. The van der Waals surface area contributed by atoms with Gasteiger partial charge in [0.05, 0.1) is 0 Å². The van der Waals surface area contributed by atoms with E-state index in [-0.39, 0.29) is 12.8 Å². The van der Waals surface area contributed by atoms with Crippen molar-refractivity contribution >= 4 is 17.8 Å². The molecule has 1 aromatic heterocycles. The molecule has 0 radical (unpaired) electrons. The Hall–Kier alpha value is -2.49. The third-order valence-corrected chi connectivity index (χ3v) is 5.24. The van der Waals surface area contributed by atoms with Crippen LogP contribution in [0.4, 0.5) is 4.79 Å². The number of thioether (sulfide) groups is 1. The van der Waals surface area contributed by atoms with E-state index in [1.54, 1.807) is 11.7 Å². The topological polar surface area (TPSA) is 94.4 Å². The molecule has 1 aliphatic carbocycles. The second-order valence-electron chi connectivity index (χ2n) is 6.21. The maximum absolute atomic E-state index is 12.6. The molecule has 0 saturated heterocycles. The summed E-state index contributed by atoms with van der Waals surface area (Å²) in [4.78, 5) is 14.5. The monoisotopic (exact) mass is 376 g/mol. The van der Waals surface area contributed by atoms with Crippen LogP contribution in [0.5, 0.6) is 11.5 Å². The number of nitrogens with one attached hydrogen (secondary N) is 1. The van der Waals surface area contributed by atoms with Gasteiger partial charge in [-0.15, -0.1) is 5.10 Å². The van der Waals surface area contributed by atoms with Crippen molar-refractivity contribution in [1.29, 1.82) is 0 Å². The number of rotatable bonds is 7. The van der Waals surface area contributed by atoms with Crippen molar-refractivity contribution in [3.8, 4) is 11.5 Å². The smallest absolute Gasteiger partial charge is 0.317 e. The van der Waals surface area contributed by atoms with Crippen LogP contribution in [-0.4, -0.2) is 56.3 Å². The third kappa shape index (κ3) is 3.85. The molecule has 0 unspecified atom stereocenters. The third-order valence-electron chi connectivity index (χ3n) is 4.23. The number of nitrogens with zero attached hydrogens (tertiary/aromatic N) is 5. The summed E-state index contributed by atoms with van der Waals surface area (Å²) in [5, 5.41) is 15.0. The van der Waals surface area contributed by atoms with Gasteiger partial charge in [0.2, 0.25) is 11.9 Å². The van der Waals surface area contributed by atoms with Gasteiger partial charge in [-0.05, 0) is 41.0 Å². The van der Waals surface area contributed by atoms with Crippen LogP contribution in [0.3, 0.4) is 0 Å². The normalized spacial score (nSPS) is 15.1. The molecule has 10 heteroatoms. The van der Waals surface area contributed by atoms with Crippen molar-refractivity contribution in [2.24, 2.45) is 7.05 Å². The zero-order chi connectivity index (χ0) is 17.9. The highest BCUT2D eigenvalue weighted by Crippen LogP contribution is 2.34. The van der Waals surface area contributed by atoms with E-state index in [1.807, 2.05) is 23.1 Å². The number of carbonyl (C=O) groups is 1. The van der Waals surface area contributed by atoms with Crippen molar-refractivity contribution < 1.29 is 14.3 Å². The number of ether oxygens (including phenoxy) is 2. The molecule has 26 heavy (non-hydrogen) atoms. The van der Waals surface area contributed by atoms with Gasteiger partial charge in [0.25, 0.3) is 0 Å². The van der Waals surface area contributed by atoms with Crippen LogP contribution in [0.2, 0.25) is 0 Å². The molecule has 0 atom stereocenters. The second-order valence-corrected chi connectivity index (χ2v) is 7.27. The summed E-state index contributed by atoms with van der Waals surface area (Å²) < 4.78 is 12.4. The minimum Gasteiger partial charge on any atom is -0.454 e. The first kappa shape index (κ1) is 17.0. The number of carbonyl (C=O) groups excluding carboxylic acids is 1. The van der Waals surface area contributed by atoms with E-state index in [2.05, 4.69) is 20.8 Å². The number of fused-ring (bicyclic) bond motifs is 1. The van der Waals surface area contributed by atoms with E-state index in [9.17, 15) is 4.79 Å². The van der Waals surface area contributed by atoms with Gasteiger partial charge in [-0.3, -0.25) is 0 Å². The molecule has 4 rings (SSSR count). The Labute approximate surface area is 155 Å². The van der Waals surface area contributed by atoms with E-state index >= 15 is 0 Å². The molecule has 2 amide bonds. The largest absolute Gasteiger partial charge is 0.454 e. The Balaban J connectivity index is 1.30. The number of tetrazole rings is 1. The fourth-order valence-electron chi connectivity index (χ4n) is 2.73. The van der Waals surface area contributed by atoms with Gasteiger partial charge >= 0.3 is 6.03 Å².